The van der Waals surface area contributed by atoms with Crippen molar-refractivity contribution in [1.82, 2.24) is 4.57 Å². The molecule has 0 radical (unpaired) electrons. The van der Waals surface area contributed by atoms with Gasteiger partial charge in [0.1, 0.15) is 5.69 Å². The maximum atomic E-state index is 12.4. The lowest BCUT2D eigenvalue weighted by Gasteiger charge is -2.14. The summed E-state index contributed by atoms with van der Waals surface area (Å²) < 4.78 is 1.84. The van der Waals surface area contributed by atoms with Gasteiger partial charge in [0.15, 0.2) is 0 Å². The molecule has 21 heavy (non-hydrogen) atoms. The molecule has 2 aromatic rings. The zero-order valence-electron chi connectivity index (χ0n) is 12.1. The Morgan fingerprint density at radius 2 is 2.14 bits per heavy atom. The molecule has 4 nitrogen and oxygen atoms in total. The summed E-state index contributed by atoms with van der Waals surface area (Å²) in [6.45, 7) is 4.44. The Labute approximate surface area is 129 Å². The minimum absolute atomic E-state index is 0.233. The molecule has 5 heteroatoms. The molecule has 2 N–H and O–H groups in total. The topological polar surface area (TPSA) is 54.3 Å². The van der Waals surface area contributed by atoms with E-state index in [0.717, 1.165) is 13.0 Å². The van der Waals surface area contributed by atoms with Crippen LogP contribution in [0.15, 0.2) is 36.5 Å². The van der Waals surface area contributed by atoms with Crippen molar-refractivity contribution in [1.29, 1.82) is 0 Å². The van der Waals surface area contributed by atoms with Crippen LogP contribution in [-0.2, 0) is 6.54 Å². The van der Waals surface area contributed by atoms with Crippen LogP contribution in [0.1, 0.15) is 42.4 Å². The van der Waals surface area contributed by atoms with E-state index in [1.165, 1.54) is 0 Å². The van der Waals surface area contributed by atoms with Gasteiger partial charge in [-0.15, -0.1) is 0 Å². The Bertz CT molecular complexity index is 635. The van der Waals surface area contributed by atoms with Crippen molar-refractivity contribution < 1.29 is 9.90 Å². The number of amides is 1. The van der Waals surface area contributed by atoms with Gasteiger partial charge < -0.3 is 15.0 Å². The number of anilines is 1. The van der Waals surface area contributed by atoms with Gasteiger partial charge >= 0.3 is 0 Å². The Hall–Kier alpha value is -1.78. The molecular formula is C16H19ClN2O2. The molecule has 1 aromatic carbocycles. The second-order valence-electron chi connectivity index (χ2n) is 4.95. The van der Waals surface area contributed by atoms with Crippen LogP contribution in [0.5, 0.6) is 0 Å². The van der Waals surface area contributed by atoms with Crippen LogP contribution in [0.25, 0.3) is 0 Å². The largest absolute Gasteiger partial charge is 0.389 e. The van der Waals surface area contributed by atoms with Crippen molar-refractivity contribution in [3.63, 3.8) is 0 Å². The number of benzene rings is 1. The van der Waals surface area contributed by atoms with Crippen molar-refractivity contribution in [2.75, 3.05) is 5.32 Å². The molecule has 0 bridgehead atoms. The zero-order valence-corrected chi connectivity index (χ0v) is 12.9. The normalized spacial score (nSPS) is 12.2. The molecule has 1 unspecified atom stereocenters. The first-order valence-corrected chi connectivity index (χ1v) is 7.34. The summed E-state index contributed by atoms with van der Waals surface area (Å²) in [6, 6.07) is 8.86. The highest BCUT2D eigenvalue weighted by atomic mass is 35.5. The number of aryl methyl sites for hydroxylation is 1. The number of nitrogens with zero attached hydrogens (tertiary/aromatic N) is 1. The number of aliphatic hydroxyl groups is 1. The van der Waals surface area contributed by atoms with Gasteiger partial charge in [-0.3, -0.25) is 4.79 Å². The van der Waals surface area contributed by atoms with Crippen LogP contribution in [0.2, 0.25) is 5.02 Å². The Morgan fingerprint density at radius 1 is 1.43 bits per heavy atom. The fraction of sp³-hybridized carbons (Fsp3) is 0.312. The van der Waals surface area contributed by atoms with E-state index >= 15 is 0 Å². The standard InChI is InChI=1S/C16H19ClN2O2/c1-3-8-19-10-12(17)9-15(19)16(21)18-14-7-5-4-6-13(14)11(2)20/h4-7,9-11,20H,3,8H2,1-2H3,(H,18,21). The fourth-order valence-electron chi connectivity index (χ4n) is 2.25. The van der Waals surface area contributed by atoms with Crippen molar-refractivity contribution in [2.45, 2.75) is 32.9 Å². The Morgan fingerprint density at radius 3 is 2.81 bits per heavy atom. The van der Waals surface area contributed by atoms with Crippen LogP contribution in [0.3, 0.4) is 0 Å². The second kappa shape index (κ2) is 6.78. The van der Waals surface area contributed by atoms with E-state index < -0.39 is 6.10 Å². The minimum Gasteiger partial charge on any atom is -0.389 e. The molecule has 0 aliphatic carbocycles. The highest BCUT2D eigenvalue weighted by Gasteiger charge is 2.15. The number of aliphatic hydroxyl groups excluding tert-OH is 1. The van der Waals surface area contributed by atoms with Gasteiger partial charge in [-0.1, -0.05) is 36.7 Å². The molecule has 0 fully saturated rings. The van der Waals surface area contributed by atoms with Crippen molar-refractivity contribution in [2.24, 2.45) is 0 Å². The summed E-state index contributed by atoms with van der Waals surface area (Å²) in [4.78, 5) is 12.4. The number of halogens is 1. The smallest absolute Gasteiger partial charge is 0.272 e. The molecule has 1 atom stereocenters. The summed E-state index contributed by atoms with van der Waals surface area (Å²) in [5.41, 5.74) is 1.81. The summed E-state index contributed by atoms with van der Waals surface area (Å²) in [6.07, 6.45) is 2.02. The second-order valence-corrected chi connectivity index (χ2v) is 5.39. The number of nitrogens with one attached hydrogen (secondary N) is 1. The number of aromatic nitrogens is 1. The number of carbonyl (C=O) groups is 1. The third kappa shape index (κ3) is 3.65. The van der Waals surface area contributed by atoms with Crippen molar-refractivity contribution in [3.8, 4) is 0 Å². The lowest BCUT2D eigenvalue weighted by Crippen LogP contribution is -2.18. The number of hydrogen-bond donors (Lipinski definition) is 2. The third-order valence-corrected chi connectivity index (χ3v) is 3.43. The van der Waals surface area contributed by atoms with E-state index in [1.54, 1.807) is 31.3 Å². The average Bonchev–Trinajstić information content (AvgIpc) is 2.80. The first-order valence-electron chi connectivity index (χ1n) is 6.97. The van der Waals surface area contributed by atoms with E-state index in [9.17, 15) is 9.90 Å². The summed E-state index contributed by atoms with van der Waals surface area (Å²) >= 11 is 5.99. The highest BCUT2D eigenvalue weighted by molar-refractivity contribution is 6.31. The molecule has 0 spiro atoms. The van der Waals surface area contributed by atoms with Crippen LogP contribution in [-0.4, -0.2) is 15.6 Å². The van der Waals surface area contributed by atoms with Crippen LogP contribution < -0.4 is 5.32 Å². The van der Waals surface area contributed by atoms with Crippen LogP contribution in [0, 0.1) is 0 Å². The fourth-order valence-corrected chi connectivity index (χ4v) is 2.47. The van der Waals surface area contributed by atoms with E-state index in [-0.39, 0.29) is 5.91 Å². The molecule has 0 saturated heterocycles. The summed E-state index contributed by atoms with van der Waals surface area (Å²) in [5, 5.41) is 13.1. The van der Waals surface area contributed by atoms with E-state index in [2.05, 4.69) is 5.32 Å². The van der Waals surface area contributed by atoms with Gasteiger partial charge in [0, 0.05) is 24.0 Å². The SMILES string of the molecule is CCCn1cc(Cl)cc1C(=O)Nc1ccccc1C(C)O. The summed E-state index contributed by atoms with van der Waals surface area (Å²) in [7, 11) is 0. The molecule has 0 aliphatic heterocycles. The van der Waals surface area contributed by atoms with Gasteiger partial charge in [-0.2, -0.15) is 0 Å². The van der Waals surface area contributed by atoms with Crippen LogP contribution >= 0.6 is 11.6 Å². The minimum atomic E-state index is -0.646. The number of para-hydroxylation sites is 1. The molecule has 112 valence electrons. The monoisotopic (exact) mass is 306 g/mol. The number of carbonyl (C=O) groups excluding carboxylic acids is 1. The first-order chi connectivity index (χ1) is 10.0. The molecule has 1 amide bonds. The third-order valence-electron chi connectivity index (χ3n) is 3.22. The van der Waals surface area contributed by atoms with E-state index in [1.807, 2.05) is 23.6 Å². The van der Waals surface area contributed by atoms with Crippen LogP contribution in [0.4, 0.5) is 5.69 Å². The predicted octanol–water partition coefficient (Wildman–Crippen LogP) is 3.86. The van der Waals surface area contributed by atoms with Gasteiger partial charge in [-0.25, -0.2) is 0 Å². The summed E-state index contributed by atoms with van der Waals surface area (Å²) in [5.74, 6) is -0.233. The Balaban J connectivity index is 2.26. The van der Waals surface area contributed by atoms with Gasteiger partial charge in [-0.05, 0) is 25.5 Å². The number of rotatable bonds is 5. The van der Waals surface area contributed by atoms with Gasteiger partial charge in [0.2, 0.25) is 0 Å². The Kier molecular flexibility index (Phi) is 5.04. The zero-order chi connectivity index (χ0) is 15.4. The van der Waals surface area contributed by atoms with Crippen molar-refractivity contribution >= 4 is 23.2 Å². The molecule has 0 saturated carbocycles. The van der Waals surface area contributed by atoms with E-state index in [4.69, 9.17) is 11.6 Å². The lowest BCUT2D eigenvalue weighted by atomic mass is 10.1. The van der Waals surface area contributed by atoms with Gasteiger partial charge in [0.05, 0.1) is 11.1 Å². The van der Waals surface area contributed by atoms with Gasteiger partial charge in [0.25, 0.3) is 5.91 Å². The highest BCUT2D eigenvalue weighted by Crippen LogP contribution is 2.23. The quantitative estimate of drug-likeness (QED) is 0.881. The molecular weight excluding hydrogens is 288 g/mol. The molecule has 2 rings (SSSR count). The molecule has 1 heterocycles. The molecule has 0 aliphatic rings. The van der Waals surface area contributed by atoms with E-state index in [0.29, 0.717) is 22.0 Å². The van der Waals surface area contributed by atoms with Crippen molar-refractivity contribution in [3.05, 3.63) is 52.8 Å². The first kappa shape index (κ1) is 15.6. The molecule has 1 aromatic heterocycles. The number of hydrogen-bond acceptors (Lipinski definition) is 2. The maximum absolute atomic E-state index is 12.4. The lowest BCUT2D eigenvalue weighted by molar-refractivity contribution is 0.101. The maximum Gasteiger partial charge on any atom is 0.272 e. The predicted molar refractivity (Wildman–Crippen MR) is 84.8 cm³/mol. The average molecular weight is 307 g/mol.